The number of amides is 2. The van der Waals surface area contributed by atoms with Crippen LogP contribution in [0.4, 0.5) is 0 Å². The van der Waals surface area contributed by atoms with Gasteiger partial charge in [-0.05, 0) is 12.8 Å². The van der Waals surface area contributed by atoms with Crippen LogP contribution >= 0.6 is 0 Å². The van der Waals surface area contributed by atoms with E-state index in [0.29, 0.717) is 6.54 Å². The molecule has 0 spiro atoms. The number of carbonyl (C=O) groups excluding carboxylic acids is 2. The fourth-order valence-corrected chi connectivity index (χ4v) is 2.26. The van der Waals surface area contributed by atoms with Gasteiger partial charge in [-0.15, -0.1) is 0 Å². The molecule has 0 bridgehead atoms. The second kappa shape index (κ2) is 12.2. The molecule has 0 aromatic heterocycles. The van der Waals surface area contributed by atoms with Crippen molar-refractivity contribution in [3.63, 3.8) is 0 Å². The second-order valence-electron chi connectivity index (χ2n) is 5.13. The Balaban J connectivity index is 0.00000400. The summed E-state index contributed by atoms with van der Waals surface area (Å²) in [5.41, 5.74) is 0. The standard InChI is InChI=1S/C15H23NO4.Ca.2H/c17-13-10-11-14(18)16(13)12-8-6-4-2-1-3-5-7-9-15(19)20;;;/h10-11H,1-9,12H2,(H,19,20);;;. The predicted octanol–water partition coefficient (Wildman–Crippen LogP) is 1.59. The first kappa shape index (κ1) is 20.6. The SMILES string of the molecule is O=C(O)CCCCCCCCCCN1C(=O)C=CC1=O.[CaH2]. The van der Waals surface area contributed by atoms with Gasteiger partial charge in [0.05, 0.1) is 0 Å². The van der Waals surface area contributed by atoms with E-state index in [1.807, 2.05) is 0 Å². The Kier molecular flexibility index (Phi) is 12.0. The summed E-state index contributed by atoms with van der Waals surface area (Å²) in [5.74, 6) is -1.12. The van der Waals surface area contributed by atoms with Crippen molar-refractivity contribution in [3.05, 3.63) is 12.2 Å². The number of carboxylic acids is 1. The number of nitrogens with zero attached hydrogens (tertiary/aromatic N) is 1. The van der Waals surface area contributed by atoms with Crippen molar-refractivity contribution in [2.45, 2.75) is 57.8 Å². The van der Waals surface area contributed by atoms with Crippen LogP contribution in [0.5, 0.6) is 0 Å². The number of carbonyl (C=O) groups is 3. The van der Waals surface area contributed by atoms with Crippen LogP contribution < -0.4 is 0 Å². The van der Waals surface area contributed by atoms with Gasteiger partial charge in [-0.2, -0.15) is 0 Å². The number of imide groups is 1. The molecular formula is C15H25CaNO4. The molecule has 1 N–H and O–H groups in total. The predicted molar refractivity (Wildman–Crippen MR) is 83.6 cm³/mol. The van der Waals surface area contributed by atoms with E-state index in [1.165, 1.54) is 17.1 Å². The molecule has 21 heavy (non-hydrogen) atoms. The number of aliphatic carboxylic acids is 1. The van der Waals surface area contributed by atoms with Crippen molar-refractivity contribution >= 4 is 55.5 Å². The number of hydrogen-bond donors (Lipinski definition) is 1. The maximum absolute atomic E-state index is 11.3. The van der Waals surface area contributed by atoms with Crippen molar-refractivity contribution < 1.29 is 19.5 Å². The van der Waals surface area contributed by atoms with Gasteiger partial charge in [-0.25, -0.2) is 0 Å². The van der Waals surface area contributed by atoms with Gasteiger partial charge in [-0.1, -0.05) is 38.5 Å². The Morgan fingerprint density at radius 2 is 1.29 bits per heavy atom. The Hall–Kier alpha value is -0.390. The second-order valence-corrected chi connectivity index (χ2v) is 5.13. The summed E-state index contributed by atoms with van der Waals surface area (Å²) in [4.78, 5) is 34.1. The molecule has 1 rings (SSSR count). The monoisotopic (exact) mass is 323 g/mol. The number of rotatable bonds is 11. The maximum atomic E-state index is 11.3. The fourth-order valence-electron chi connectivity index (χ4n) is 2.26. The van der Waals surface area contributed by atoms with Gasteiger partial charge >= 0.3 is 43.7 Å². The molecular weight excluding hydrogens is 298 g/mol. The van der Waals surface area contributed by atoms with E-state index in [-0.39, 0.29) is 56.0 Å². The van der Waals surface area contributed by atoms with E-state index in [9.17, 15) is 14.4 Å². The molecule has 6 heteroatoms. The zero-order valence-corrected chi connectivity index (χ0v) is 11.8. The summed E-state index contributed by atoms with van der Waals surface area (Å²) in [5, 5.41) is 8.48. The van der Waals surface area contributed by atoms with E-state index in [4.69, 9.17) is 5.11 Å². The molecule has 0 fully saturated rings. The number of unbranched alkanes of at least 4 members (excludes halogenated alkanes) is 7. The molecule has 1 aliphatic heterocycles. The van der Waals surface area contributed by atoms with E-state index >= 15 is 0 Å². The minimum atomic E-state index is -0.717. The van der Waals surface area contributed by atoms with Crippen LogP contribution in [0.1, 0.15) is 57.8 Å². The number of carboxylic acid groups (broad SMARTS) is 1. The van der Waals surface area contributed by atoms with Crippen LogP contribution in [0.15, 0.2) is 12.2 Å². The van der Waals surface area contributed by atoms with Crippen molar-refractivity contribution in [1.82, 2.24) is 4.90 Å². The zero-order valence-electron chi connectivity index (χ0n) is 11.8. The van der Waals surface area contributed by atoms with Gasteiger partial charge in [0.2, 0.25) is 0 Å². The van der Waals surface area contributed by atoms with E-state index in [1.54, 1.807) is 0 Å². The molecule has 1 heterocycles. The first-order valence-corrected chi connectivity index (χ1v) is 7.36. The van der Waals surface area contributed by atoms with Crippen LogP contribution in [0.2, 0.25) is 0 Å². The molecule has 116 valence electrons. The van der Waals surface area contributed by atoms with Crippen LogP contribution in [-0.2, 0) is 14.4 Å². The molecule has 0 aliphatic carbocycles. The summed E-state index contributed by atoms with van der Waals surface area (Å²) in [6.45, 7) is 0.517. The summed E-state index contributed by atoms with van der Waals surface area (Å²) in [6.07, 6.45) is 11.0. The normalized spacial score (nSPS) is 13.6. The fraction of sp³-hybridized carbons (Fsp3) is 0.667. The van der Waals surface area contributed by atoms with Gasteiger partial charge < -0.3 is 5.11 Å². The van der Waals surface area contributed by atoms with E-state index < -0.39 is 5.97 Å². The molecule has 1 aliphatic rings. The van der Waals surface area contributed by atoms with Gasteiger partial charge in [0, 0.05) is 25.1 Å². The summed E-state index contributed by atoms with van der Waals surface area (Å²) >= 11 is 0. The molecule has 0 atom stereocenters. The third-order valence-corrected chi connectivity index (χ3v) is 3.42. The zero-order chi connectivity index (χ0) is 14.8. The Morgan fingerprint density at radius 3 is 1.76 bits per heavy atom. The quantitative estimate of drug-likeness (QED) is 0.356. The Bertz CT molecular complexity index is 364. The molecule has 0 radical (unpaired) electrons. The van der Waals surface area contributed by atoms with Crippen molar-refractivity contribution in [2.24, 2.45) is 0 Å². The van der Waals surface area contributed by atoms with Crippen LogP contribution in [0.25, 0.3) is 0 Å². The van der Waals surface area contributed by atoms with Crippen LogP contribution in [-0.4, -0.2) is 72.1 Å². The average Bonchev–Trinajstić information content (AvgIpc) is 2.71. The Morgan fingerprint density at radius 1 is 0.857 bits per heavy atom. The van der Waals surface area contributed by atoms with Crippen molar-refractivity contribution in [3.8, 4) is 0 Å². The molecule has 0 unspecified atom stereocenters. The third-order valence-electron chi connectivity index (χ3n) is 3.42. The molecule has 0 saturated heterocycles. The third kappa shape index (κ3) is 9.27. The van der Waals surface area contributed by atoms with E-state index in [0.717, 1.165) is 51.4 Å². The minimum absolute atomic E-state index is 0. The summed E-state index contributed by atoms with van der Waals surface area (Å²) in [6, 6.07) is 0. The molecule has 2 amide bonds. The Labute approximate surface area is 155 Å². The summed E-state index contributed by atoms with van der Waals surface area (Å²) < 4.78 is 0. The first-order chi connectivity index (χ1) is 9.61. The average molecular weight is 323 g/mol. The van der Waals surface area contributed by atoms with Crippen LogP contribution in [0.3, 0.4) is 0 Å². The molecule has 5 nitrogen and oxygen atoms in total. The number of hydrogen-bond acceptors (Lipinski definition) is 3. The molecule has 0 aromatic rings. The van der Waals surface area contributed by atoms with Crippen molar-refractivity contribution in [1.29, 1.82) is 0 Å². The van der Waals surface area contributed by atoms with Crippen LogP contribution in [0, 0.1) is 0 Å². The van der Waals surface area contributed by atoms with Gasteiger partial charge in [-0.3, -0.25) is 19.3 Å². The van der Waals surface area contributed by atoms with E-state index in [2.05, 4.69) is 0 Å². The van der Waals surface area contributed by atoms with Gasteiger partial charge in [0.1, 0.15) is 0 Å². The molecule has 0 aromatic carbocycles. The topological polar surface area (TPSA) is 74.7 Å². The van der Waals surface area contributed by atoms with Gasteiger partial charge in [0.15, 0.2) is 0 Å². The van der Waals surface area contributed by atoms with Crippen molar-refractivity contribution in [2.75, 3.05) is 6.54 Å². The molecule has 0 saturated carbocycles. The first-order valence-electron chi connectivity index (χ1n) is 7.36. The summed E-state index contributed by atoms with van der Waals surface area (Å²) in [7, 11) is 0. The van der Waals surface area contributed by atoms with Gasteiger partial charge in [0.25, 0.3) is 11.8 Å².